The predicted octanol–water partition coefficient (Wildman–Crippen LogP) is 6.64. The van der Waals surface area contributed by atoms with Crippen molar-refractivity contribution >= 4 is 75.9 Å². The second-order valence-corrected chi connectivity index (χ2v) is 17.0. The van der Waals surface area contributed by atoms with Crippen LogP contribution in [0.15, 0.2) is 104 Å². The quantitative estimate of drug-likeness (QED) is 0.0892. The Bertz CT molecular complexity index is 2370. The van der Waals surface area contributed by atoms with Crippen LogP contribution in [0.1, 0.15) is 64.2 Å². The van der Waals surface area contributed by atoms with Crippen molar-refractivity contribution in [1.82, 2.24) is 9.44 Å². The molecule has 2 saturated carbocycles. The maximum Gasteiger partial charge on any atom is 0.324 e. The van der Waals surface area contributed by atoms with Crippen LogP contribution in [0.25, 0.3) is 43.9 Å². The first-order chi connectivity index (χ1) is 25.8. The summed E-state index contributed by atoms with van der Waals surface area (Å²) >= 11 is 0. The smallest absolute Gasteiger partial charge is 0.324 e. The molecule has 2 aliphatic carbocycles. The molecule has 16 heteroatoms. The molecule has 7 N–H and O–H groups in total. The number of hydrogen-bond acceptors (Lipinski definition) is 10. The molecule has 286 valence electrons. The van der Waals surface area contributed by atoms with Gasteiger partial charge < -0.3 is 24.3 Å². The number of furan rings is 2. The zero-order valence-electron chi connectivity index (χ0n) is 29.2. The van der Waals surface area contributed by atoms with Crippen LogP contribution >= 0.6 is 0 Å². The number of para-hydroxylation sites is 2. The van der Waals surface area contributed by atoms with Crippen LogP contribution in [0.3, 0.4) is 0 Å². The summed E-state index contributed by atoms with van der Waals surface area (Å²) in [6, 6.07) is 24.2. The first kappa shape index (κ1) is 38.9. The van der Waals surface area contributed by atoms with E-state index in [1.54, 1.807) is 12.1 Å². The van der Waals surface area contributed by atoms with Crippen molar-refractivity contribution in [2.75, 3.05) is 0 Å². The fourth-order valence-electron chi connectivity index (χ4n) is 7.41. The van der Waals surface area contributed by atoms with Crippen molar-refractivity contribution in [2.24, 2.45) is 5.90 Å². The summed E-state index contributed by atoms with van der Waals surface area (Å²) in [6.07, 6.45) is 5.80. The minimum atomic E-state index is -3.98. The van der Waals surface area contributed by atoms with E-state index in [0.29, 0.717) is 73.7 Å². The average molecular weight is 780 g/mol. The maximum atomic E-state index is 12.9. The Balaban J connectivity index is 0.000000176. The summed E-state index contributed by atoms with van der Waals surface area (Å²) in [5.41, 5.74) is -0.581. The van der Waals surface area contributed by atoms with Gasteiger partial charge in [-0.15, -0.1) is 0 Å². The topological polar surface area (TPSA) is 239 Å². The Morgan fingerprint density at radius 2 is 0.852 bits per heavy atom. The lowest BCUT2D eigenvalue weighted by atomic mass is 9.83. The lowest BCUT2D eigenvalue weighted by molar-refractivity contribution is -0.146. The first-order valence-corrected chi connectivity index (χ1v) is 20.4. The third-order valence-corrected chi connectivity index (χ3v) is 13.3. The van der Waals surface area contributed by atoms with E-state index in [9.17, 15) is 36.6 Å². The highest BCUT2D eigenvalue weighted by molar-refractivity contribution is 7.89. The van der Waals surface area contributed by atoms with E-state index < -0.39 is 43.1 Å². The highest BCUT2D eigenvalue weighted by Crippen LogP contribution is 2.35. The van der Waals surface area contributed by atoms with Crippen LogP contribution in [0.2, 0.25) is 0 Å². The summed E-state index contributed by atoms with van der Waals surface area (Å²) in [5.74, 6) is 1.26. The lowest BCUT2D eigenvalue weighted by Gasteiger charge is -2.33. The molecular formula is C38H41N3O11S2. The number of hydrogen-bond donors (Lipinski definition) is 6. The monoisotopic (exact) mass is 779 g/mol. The summed E-state index contributed by atoms with van der Waals surface area (Å²) in [5, 5.41) is 29.2. The van der Waals surface area contributed by atoms with Gasteiger partial charge in [0.2, 0.25) is 20.0 Å². The minimum Gasteiger partial charge on any atom is -0.480 e. The third-order valence-electron chi connectivity index (χ3n) is 10.2. The molecule has 14 nitrogen and oxygen atoms in total. The number of rotatable bonds is 8. The van der Waals surface area contributed by atoms with Crippen molar-refractivity contribution in [3.05, 3.63) is 84.9 Å². The maximum absolute atomic E-state index is 12.9. The summed E-state index contributed by atoms with van der Waals surface area (Å²) < 4.78 is 67.8. The van der Waals surface area contributed by atoms with E-state index in [1.807, 2.05) is 48.5 Å². The van der Waals surface area contributed by atoms with Gasteiger partial charge in [-0.05, 0) is 62.1 Å². The number of sulfonamides is 2. The van der Waals surface area contributed by atoms with E-state index in [0.717, 1.165) is 34.4 Å². The number of aliphatic carboxylic acids is 2. The standard InChI is InChI=1S/2C19H19NO5S.H3NO/c2*21-18(22)19(10-4-1-5-11-19)20-26(23,24)13-8-9-15-14-6-2-3-7-16(14)25-17(15)12-13;1-2/h2*2-3,6-9,12,20H,1,4-5,10-11H2,(H,21,22);2H,1H2. The van der Waals surface area contributed by atoms with Gasteiger partial charge in [0, 0.05) is 33.7 Å². The van der Waals surface area contributed by atoms with Gasteiger partial charge in [0.1, 0.15) is 33.4 Å². The number of nitrogens with two attached hydrogens (primary N) is 1. The molecule has 6 aromatic rings. The van der Waals surface area contributed by atoms with Crippen LogP contribution in [-0.2, 0) is 29.6 Å². The molecule has 0 atom stereocenters. The molecule has 8 rings (SSSR count). The van der Waals surface area contributed by atoms with Gasteiger partial charge in [-0.2, -0.15) is 9.44 Å². The minimum absolute atomic E-state index is 0.00949. The van der Waals surface area contributed by atoms with Gasteiger partial charge in [0.25, 0.3) is 0 Å². The highest BCUT2D eigenvalue weighted by atomic mass is 32.2. The van der Waals surface area contributed by atoms with Gasteiger partial charge in [0.15, 0.2) is 0 Å². The van der Waals surface area contributed by atoms with Crippen molar-refractivity contribution in [3.8, 4) is 0 Å². The molecule has 0 unspecified atom stereocenters. The molecule has 2 aliphatic rings. The van der Waals surface area contributed by atoms with E-state index in [4.69, 9.17) is 14.0 Å². The largest absolute Gasteiger partial charge is 0.480 e. The Hall–Kier alpha value is -4.84. The number of carboxylic acids is 2. The van der Waals surface area contributed by atoms with Gasteiger partial charge in [0.05, 0.1) is 9.79 Å². The van der Waals surface area contributed by atoms with Crippen LogP contribution in [0.4, 0.5) is 0 Å². The molecule has 2 heterocycles. The molecule has 0 bridgehead atoms. The number of nitrogens with one attached hydrogen (secondary N) is 2. The van der Waals surface area contributed by atoms with E-state index >= 15 is 0 Å². The van der Waals surface area contributed by atoms with Crippen LogP contribution < -0.4 is 15.3 Å². The Morgan fingerprint density at radius 1 is 0.519 bits per heavy atom. The summed E-state index contributed by atoms with van der Waals surface area (Å²) in [6.45, 7) is 0. The number of fused-ring (bicyclic) bond motifs is 6. The summed E-state index contributed by atoms with van der Waals surface area (Å²) in [4.78, 5) is 23.6. The molecule has 0 saturated heterocycles. The van der Waals surface area contributed by atoms with E-state index in [1.165, 1.54) is 24.3 Å². The highest BCUT2D eigenvalue weighted by Gasteiger charge is 2.44. The predicted molar refractivity (Wildman–Crippen MR) is 201 cm³/mol. The molecule has 54 heavy (non-hydrogen) atoms. The van der Waals surface area contributed by atoms with Gasteiger partial charge >= 0.3 is 11.9 Å². The van der Waals surface area contributed by atoms with Crippen molar-refractivity contribution < 1.29 is 50.7 Å². The Labute approximate surface area is 311 Å². The molecular weight excluding hydrogens is 739 g/mol. The fourth-order valence-corrected chi connectivity index (χ4v) is 10.3. The molecule has 4 aromatic carbocycles. The third kappa shape index (κ3) is 7.58. The van der Waals surface area contributed by atoms with Gasteiger partial charge in [-0.25, -0.2) is 22.7 Å². The molecule has 0 amide bonds. The van der Waals surface area contributed by atoms with Crippen molar-refractivity contribution in [3.63, 3.8) is 0 Å². The van der Waals surface area contributed by atoms with Crippen LogP contribution in [-0.4, -0.2) is 55.3 Å². The molecule has 2 fully saturated rings. The first-order valence-electron chi connectivity index (χ1n) is 17.5. The Kier molecular flexibility index (Phi) is 11.1. The van der Waals surface area contributed by atoms with Crippen molar-refractivity contribution in [1.29, 1.82) is 0 Å². The SMILES string of the molecule is NO.O=C(O)C1(NS(=O)(=O)c2ccc3c(c2)oc2ccccc23)CCCCC1.O=C(O)C1(NS(=O)(=O)c2ccc3c(c2)oc2ccccc23)CCCCC1. The number of benzene rings is 4. The second-order valence-electron chi connectivity index (χ2n) is 13.6. The molecule has 2 aromatic heterocycles. The average Bonchev–Trinajstić information content (AvgIpc) is 3.74. The lowest BCUT2D eigenvalue weighted by Crippen LogP contribution is -2.55. The van der Waals surface area contributed by atoms with E-state index in [2.05, 4.69) is 15.3 Å². The number of carboxylic acid groups (broad SMARTS) is 2. The summed E-state index contributed by atoms with van der Waals surface area (Å²) in [7, 11) is -7.97. The fraction of sp³-hybridized carbons (Fsp3) is 0.316. The Morgan fingerprint density at radius 3 is 1.20 bits per heavy atom. The normalized spacial score (nSPS) is 17.0. The molecule has 0 spiro atoms. The zero-order valence-corrected chi connectivity index (χ0v) is 30.8. The molecule has 0 aliphatic heterocycles. The van der Waals surface area contributed by atoms with Crippen LogP contribution in [0, 0.1) is 0 Å². The molecule has 0 radical (unpaired) electrons. The van der Waals surface area contributed by atoms with Gasteiger partial charge in [-0.1, -0.05) is 74.9 Å². The van der Waals surface area contributed by atoms with Crippen LogP contribution in [0.5, 0.6) is 0 Å². The van der Waals surface area contributed by atoms with Gasteiger partial charge in [-0.3, -0.25) is 9.59 Å². The second kappa shape index (κ2) is 15.5. The number of carbonyl (C=O) groups is 2. The van der Waals surface area contributed by atoms with E-state index in [-0.39, 0.29) is 9.79 Å². The van der Waals surface area contributed by atoms with Crippen molar-refractivity contribution in [2.45, 2.75) is 85.1 Å². The zero-order chi connectivity index (χ0) is 38.7.